The Labute approximate surface area is 133 Å². The first kappa shape index (κ1) is 15.8. The number of carbonyl (C=O) groups excluding carboxylic acids is 1. The number of primary amides is 1. The summed E-state index contributed by atoms with van der Waals surface area (Å²) in [7, 11) is -3.85. The number of benzene rings is 1. The third-order valence-electron chi connectivity index (χ3n) is 4.08. The summed E-state index contributed by atoms with van der Waals surface area (Å²) in [6, 6.07) is 5.41. The molecule has 2 heterocycles. The molecule has 23 heavy (non-hydrogen) atoms. The van der Waals surface area contributed by atoms with Crippen molar-refractivity contribution in [1.29, 1.82) is 0 Å². The average molecular weight is 337 g/mol. The number of fused-ring (bicyclic) bond motifs is 1. The minimum Gasteiger partial charge on any atom is -0.369 e. The molecule has 1 atom stereocenters. The molecule has 1 fully saturated rings. The highest BCUT2D eigenvalue weighted by molar-refractivity contribution is 7.89. The largest absolute Gasteiger partial charge is 0.369 e. The molecule has 0 aliphatic carbocycles. The van der Waals surface area contributed by atoms with E-state index in [1.165, 1.54) is 22.6 Å². The van der Waals surface area contributed by atoms with Gasteiger partial charge in [-0.05, 0) is 37.1 Å². The van der Waals surface area contributed by atoms with Crippen LogP contribution in [0.4, 0.5) is 4.39 Å². The molecule has 1 aliphatic rings. The molecule has 0 bridgehead atoms. The van der Waals surface area contributed by atoms with Gasteiger partial charge in [0.1, 0.15) is 11.3 Å². The second kappa shape index (κ2) is 5.86. The Bertz CT molecular complexity index is 869. The van der Waals surface area contributed by atoms with Gasteiger partial charge in [0.2, 0.25) is 15.9 Å². The summed E-state index contributed by atoms with van der Waals surface area (Å²) in [5.74, 6) is -1.58. The fourth-order valence-electron chi connectivity index (χ4n) is 2.87. The summed E-state index contributed by atoms with van der Waals surface area (Å²) in [5.41, 5.74) is 5.31. The molecule has 0 saturated carbocycles. The summed E-state index contributed by atoms with van der Waals surface area (Å²) in [5, 5.41) is 0.230. The van der Waals surface area contributed by atoms with Crippen molar-refractivity contribution in [3.63, 3.8) is 0 Å². The molecule has 8 heteroatoms. The summed E-state index contributed by atoms with van der Waals surface area (Å²) < 4.78 is 40.9. The molecule has 1 aliphatic heterocycles. The Morgan fingerprint density at radius 2 is 2.13 bits per heavy atom. The number of piperidine rings is 1. The normalized spacial score (nSPS) is 19.8. The zero-order chi connectivity index (χ0) is 16.6. The van der Waals surface area contributed by atoms with Gasteiger partial charge in [0.05, 0.1) is 10.8 Å². The van der Waals surface area contributed by atoms with Crippen LogP contribution in [0.25, 0.3) is 10.9 Å². The lowest BCUT2D eigenvalue weighted by molar-refractivity contribution is -0.122. The predicted octanol–water partition coefficient (Wildman–Crippen LogP) is 1.26. The Morgan fingerprint density at radius 3 is 2.87 bits per heavy atom. The van der Waals surface area contributed by atoms with Crippen molar-refractivity contribution >= 4 is 26.8 Å². The molecule has 2 N–H and O–H groups in total. The zero-order valence-corrected chi connectivity index (χ0v) is 13.1. The van der Waals surface area contributed by atoms with Crippen LogP contribution in [-0.2, 0) is 14.8 Å². The lowest BCUT2D eigenvalue weighted by Gasteiger charge is -2.30. The van der Waals surface area contributed by atoms with E-state index in [2.05, 4.69) is 4.98 Å². The highest BCUT2D eigenvalue weighted by Crippen LogP contribution is 2.29. The number of pyridine rings is 1. The first-order chi connectivity index (χ1) is 10.9. The number of rotatable bonds is 3. The van der Waals surface area contributed by atoms with Crippen molar-refractivity contribution in [2.24, 2.45) is 11.7 Å². The van der Waals surface area contributed by atoms with Gasteiger partial charge in [0, 0.05) is 24.7 Å². The van der Waals surface area contributed by atoms with E-state index in [0.29, 0.717) is 19.4 Å². The Hall–Kier alpha value is -2.06. The zero-order valence-electron chi connectivity index (χ0n) is 12.3. The minimum absolute atomic E-state index is 0.00730. The molecular formula is C15H16FN3O3S. The van der Waals surface area contributed by atoms with E-state index in [1.807, 2.05) is 0 Å². The lowest BCUT2D eigenvalue weighted by Crippen LogP contribution is -2.44. The number of hydrogen-bond donors (Lipinski definition) is 1. The molecule has 2 aromatic rings. The van der Waals surface area contributed by atoms with Crippen LogP contribution in [-0.4, -0.2) is 36.7 Å². The molecule has 6 nitrogen and oxygen atoms in total. The van der Waals surface area contributed by atoms with E-state index in [0.717, 1.165) is 6.07 Å². The van der Waals surface area contributed by atoms with Gasteiger partial charge in [-0.15, -0.1) is 0 Å². The van der Waals surface area contributed by atoms with Crippen molar-refractivity contribution in [2.45, 2.75) is 17.7 Å². The standard InChI is InChI=1S/C15H16FN3O3S/c16-12-5-6-13(11-4-1-7-18-14(11)12)23(21,22)19-8-2-3-10(9-19)15(17)20/h1,4-7,10H,2-3,8-9H2,(H2,17,20)/t10-/m0/s1. The van der Waals surface area contributed by atoms with Crippen LogP contribution in [0, 0.1) is 11.7 Å². The van der Waals surface area contributed by atoms with Gasteiger partial charge >= 0.3 is 0 Å². The van der Waals surface area contributed by atoms with Crippen LogP contribution in [0.5, 0.6) is 0 Å². The maximum Gasteiger partial charge on any atom is 0.243 e. The quantitative estimate of drug-likeness (QED) is 0.912. The second-order valence-electron chi connectivity index (χ2n) is 5.55. The molecule has 0 unspecified atom stereocenters. The van der Waals surface area contributed by atoms with Gasteiger partial charge in [0.15, 0.2) is 0 Å². The van der Waals surface area contributed by atoms with Crippen LogP contribution in [0.2, 0.25) is 0 Å². The summed E-state index contributed by atoms with van der Waals surface area (Å²) in [6.45, 7) is 0.363. The first-order valence-electron chi connectivity index (χ1n) is 7.24. The SMILES string of the molecule is NC(=O)[C@H]1CCCN(S(=O)(=O)c2ccc(F)c3ncccc23)C1. The third-order valence-corrected chi connectivity index (χ3v) is 6.01. The number of hydrogen-bond acceptors (Lipinski definition) is 4. The van der Waals surface area contributed by atoms with E-state index in [4.69, 9.17) is 5.73 Å². The van der Waals surface area contributed by atoms with Crippen molar-refractivity contribution in [1.82, 2.24) is 9.29 Å². The van der Waals surface area contributed by atoms with Gasteiger partial charge in [-0.3, -0.25) is 9.78 Å². The number of nitrogens with zero attached hydrogens (tertiary/aromatic N) is 2. The Morgan fingerprint density at radius 1 is 1.35 bits per heavy atom. The van der Waals surface area contributed by atoms with Crippen molar-refractivity contribution < 1.29 is 17.6 Å². The fourth-order valence-corrected chi connectivity index (χ4v) is 4.58. The van der Waals surface area contributed by atoms with Crippen LogP contribution in [0.15, 0.2) is 35.4 Å². The van der Waals surface area contributed by atoms with Gasteiger partial charge in [-0.2, -0.15) is 4.31 Å². The van der Waals surface area contributed by atoms with E-state index in [-0.39, 0.29) is 22.3 Å². The highest BCUT2D eigenvalue weighted by Gasteiger charge is 2.33. The molecule has 0 radical (unpaired) electrons. The highest BCUT2D eigenvalue weighted by atomic mass is 32.2. The van der Waals surface area contributed by atoms with Crippen LogP contribution in [0.3, 0.4) is 0 Å². The first-order valence-corrected chi connectivity index (χ1v) is 8.68. The molecule has 1 amide bonds. The smallest absolute Gasteiger partial charge is 0.243 e. The number of sulfonamides is 1. The summed E-state index contributed by atoms with van der Waals surface area (Å²) in [4.78, 5) is 15.3. The monoisotopic (exact) mass is 337 g/mol. The summed E-state index contributed by atoms with van der Waals surface area (Å²) in [6.07, 6.45) is 2.54. The van der Waals surface area contributed by atoms with Gasteiger partial charge in [-0.1, -0.05) is 0 Å². The number of halogens is 1. The van der Waals surface area contributed by atoms with E-state index < -0.39 is 27.7 Å². The summed E-state index contributed by atoms with van der Waals surface area (Å²) >= 11 is 0. The fraction of sp³-hybridized carbons (Fsp3) is 0.333. The van der Waals surface area contributed by atoms with Crippen LogP contribution >= 0.6 is 0 Å². The van der Waals surface area contributed by atoms with Crippen LogP contribution in [0.1, 0.15) is 12.8 Å². The number of carbonyl (C=O) groups is 1. The van der Waals surface area contributed by atoms with E-state index in [9.17, 15) is 17.6 Å². The van der Waals surface area contributed by atoms with Crippen molar-refractivity contribution in [3.8, 4) is 0 Å². The molecule has 3 rings (SSSR count). The maximum atomic E-state index is 13.8. The molecule has 1 aromatic heterocycles. The van der Waals surface area contributed by atoms with Crippen LogP contribution < -0.4 is 5.73 Å². The second-order valence-corrected chi connectivity index (χ2v) is 7.46. The minimum atomic E-state index is -3.85. The third kappa shape index (κ3) is 2.79. The molecular weight excluding hydrogens is 321 g/mol. The van der Waals surface area contributed by atoms with Crippen molar-refractivity contribution in [3.05, 3.63) is 36.3 Å². The number of aromatic nitrogens is 1. The average Bonchev–Trinajstić information content (AvgIpc) is 2.55. The van der Waals surface area contributed by atoms with Gasteiger partial charge < -0.3 is 5.73 Å². The predicted molar refractivity (Wildman–Crippen MR) is 82.4 cm³/mol. The lowest BCUT2D eigenvalue weighted by atomic mass is 9.99. The maximum absolute atomic E-state index is 13.8. The Balaban J connectivity index is 2.07. The molecule has 1 saturated heterocycles. The van der Waals surface area contributed by atoms with Gasteiger partial charge in [-0.25, -0.2) is 12.8 Å². The van der Waals surface area contributed by atoms with E-state index >= 15 is 0 Å². The number of amides is 1. The number of nitrogens with two attached hydrogens (primary N) is 1. The molecule has 122 valence electrons. The van der Waals surface area contributed by atoms with Crippen molar-refractivity contribution in [2.75, 3.05) is 13.1 Å². The Kier molecular flexibility index (Phi) is 4.03. The molecule has 0 spiro atoms. The van der Waals surface area contributed by atoms with E-state index in [1.54, 1.807) is 6.07 Å². The topological polar surface area (TPSA) is 93.4 Å². The van der Waals surface area contributed by atoms with Gasteiger partial charge in [0.25, 0.3) is 0 Å². The molecule has 1 aromatic carbocycles.